The number of nitrogens with one attached hydrogen (secondary N) is 1. The molecule has 1 atom stereocenters. The van der Waals surface area contributed by atoms with Gasteiger partial charge in [-0.1, -0.05) is 39.8 Å². The second kappa shape index (κ2) is 7.16. The Hall–Kier alpha value is -0.970. The highest BCUT2D eigenvalue weighted by Gasteiger charge is 2.11. The molecule has 0 spiro atoms. The normalized spacial score (nSPS) is 12.2. The van der Waals surface area contributed by atoms with Crippen LogP contribution < -0.4 is 10.1 Å². The summed E-state index contributed by atoms with van der Waals surface area (Å²) in [7, 11) is 3.67. The van der Waals surface area contributed by atoms with Crippen LogP contribution in [0, 0.1) is 0 Å². The first kappa shape index (κ1) is 15.4. The highest BCUT2D eigenvalue weighted by Crippen LogP contribution is 2.36. The predicted molar refractivity (Wildman–Crippen MR) is 88.7 cm³/mol. The van der Waals surface area contributed by atoms with Crippen molar-refractivity contribution in [1.82, 2.24) is 5.32 Å². The number of rotatable bonds is 5. The maximum Gasteiger partial charge on any atom is 0.119 e. The van der Waals surface area contributed by atoms with Crippen LogP contribution in [0.5, 0.6) is 5.75 Å². The largest absolute Gasteiger partial charge is 0.497 e. The van der Waals surface area contributed by atoms with Gasteiger partial charge in [0, 0.05) is 20.3 Å². The zero-order valence-corrected chi connectivity index (χ0v) is 14.2. The van der Waals surface area contributed by atoms with Gasteiger partial charge in [0.25, 0.3) is 0 Å². The van der Waals surface area contributed by atoms with Crippen molar-refractivity contribution >= 4 is 27.7 Å². The molecule has 106 valence electrons. The molecule has 0 amide bonds. The predicted octanol–water partition coefficient (Wildman–Crippen LogP) is 4.89. The Morgan fingerprint density at radius 1 is 1.20 bits per heavy atom. The van der Waals surface area contributed by atoms with Crippen molar-refractivity contribution < 1.29 is 4.74 Å². The topological polar surface area (TPSA) is 21.3 Å². The SMILES string of the molecule is CNC(C)c1ccc(Br)cc1Sc1cccc(OC)c1. The van der Waals surface area contributed by atoms with Crippen molar-refractivity contribution in [3.63, 3.8) is 0 Å². The Labute approximate surface area is 133 Å². The molecule has 0 heterocycles. The molecule has 0 radical (unpaired) electrons. The van der Waals surface area contributed by atoms with Crippen LogP contribution in [0.3, 0.4) is 0 Å². The van der Waals surface area contributed by atoms with Crippen LogP contribution in [0.1, 0.15) is 18.5 Å². The van der Waals surface area contributed by atoms with Gasteiger partial charge in [-0.25, -0.2) is 0 Å². The van der Waals surface area contributed by atoms with E-state index in [0.717, 1.165) is 10.2 Å². The van der Waals surface area contributed by atoms with E-state index < -0.39 is 0 Å². The third-order valence-electron chi connectivity index (χ3n) is 3.14. The fraction of sp³-hybridized carbons (Fsp3) is 0.250. The number of hydrogen-bond acceptors (Lipinski definition) is 3. The Balaban J connectivity index is 2.33. The van der Waals surface area contributed by atoms with E-state index in [1.807, 2.05) is 19.2 Å². The molecule has 0 aromatic heterocycles. The summed E-state index contributed by atoms with van der Waals surface area (Å²) in [5.41, 5.74) is 1.29. The van der Waals surface area contributed by atoms with Gasteiger partial charge >= 0.3 is 0 Å². The summed E-state index contributed by atoms with van der Waals surface area (Å²) in [5, 5.41) is 3.30. The lowest BCUT2D eigenvalue weighted by Crippen LogP contribution is -2.13. The van der Waals surface area contributed by atoms with Crippen molar-refractivity contribution in [1.29, 1.82) is 0 Å². The molecule has 0 saturated heterocycles. The van der Waals surface area contributed by atoms with E-state index in [2.05, 4.69) is 58.5 Å². The Bertz CT molecular complexity index is 588. The Kier molecular flexibility index (Phi) is 5.52. The highest BCUT2D eigenvalue weighted by atomic mass is 79.9. The maximum absolute atomic E-state index is 5.28. The lowest BCUT2D eigenvalue weighted by molar-refractivity contribution is 0.413. The van der Waals surface area contributed by atoms with Gasteiger partial charge in [0.1, 0.15) is 5.75 Å². The summed E-state index contributed by atoms with van der Waals surface area (Å²) in [6, 6.07) is 14.8. The van der Waals surface area contributed by atoms with E-state index in [-0.39, 0.29) is 0 Å². The molecule has 4 heteroatoms. The molecule has 2 nitrogen and oxygen atoms in total. The molecule has 1 N–H and O–H groups in total. The fourth-order valence-corrected chi connectivity index (χ4v) is 3.54. The van der Waals surface area contributed by atoms with Crippen molar-refractivity contribution in [3.8, 4) is 5.75 Å². The lowest BCUT2D eigenvalue weighted by Gasteiger charge is -2.16. The van der Waals surface area contributed by atoms with Gasteiger partial charge in [0.05, 0.1) is 7.11 Å². The Morgan fingerprint density at radius 3 is 2.70 bits per heavy atom. The summed E-state index contributed by atoms with van der Waals surface area (Å²) >= 11 is 5.30. The molecular weight excluding hydrogens is 334 g/mol. The van der Waals surface area contributed by atoms with E-state index in [4.69, 9.17) is 4.74 Å². The van der Waals surface area contributed by atoms with Crippen LogP contribution in [-0.4, -0.2) is 14.2 Å². The number of methoxy groups -OCH3 is 1. The summed E-state index contributed by atoms with van der Waals surface area (Å²) in [6.45, 7) is 2.17. The number of ether oxygens (including phenoxy) is 1. The minimum absolute atomic E-state index is 0.316. The molecule has 20 heavy (non-hydrogen) atoms. The lowest BCUT2D eigenvalue weighted by atomic mass is 10.1. The molecule has 0 aliphatic heterocycles. The molecule has 0 aliphatic rings. The molecular formula is C16H18BrNOS. The van der Waals surface area contributed by atoms with Crippen LogP contribution in [0.2, 0.25) is 0 Å². The molecule has 2 aromatic rings. The number of hydrogen-bond donors (Lipinski definition) is 1. The molecule has 2 rings (SSSR count). The van der Waals surface area contributed by atoms with Gasteiger partial charge in [0.2, 0.25) is 0 Å². The zero-order valence-electron chi connectivity index (χ0n) is 11.8. The van der Waals surface area contributed by atoms with E-state index in [1.165, 1.54) is 15.4 Å². The van der Waals surface area contributed by atoms with Gasteiger partial charge in [-0.05, 0) is 49.9 Å². The average molecular weight is 352 g/mol. The molecule has 0 bridgehead atoms. The summed E-state index contributed by atoms with van der Waals surface area (Å²) in [4.78, 5) is 2.42. The molecule has 0 saturated carbocycles. The second-order valence-electron chi connectivity index (χ2n) is 4.47. The second-order valence-corrected chi connectivity index (χ2v) is 6.50. The van der Waals surface area contributed by atoms with Crippen molar-refractivity contribution in [3.05, 3.63) is 52.5 Å². The fourth-order valence-electron chi connectivity index (χ4n) is 1.90. The van der Waals surface area contributed by atoms with Gasteiger partial charge in [-0.2, -0.15) is 0 Å². The first-order valence-electron chi connectivity index (χ1n) is 6.42. The molecule has 0 aliphatic carbocycles. The smallest absolute Gasteiger partial charge is 0.119 e. The number of halogens is 1. The van der Waals surface area contributed by atoms with E-state index in [0.29, 0.717) is 6.04 Å². The van der Waals surface area contributed by atoms with Gasteiger partial charge in [0.15, 0.2) is 0 Å². The summed E-state index contributed by atoms with van der Waals surface area (Å²) in [5.74, 6) is 0.883. The highest BCUT2D eigenvalue weighted by molar-refractivity contribution is 9.10. The first-order valence-corrected chi connectivity index (χ1v) is 8.03. The molecule has 1 unspecified atom stereocenters. The van der Waals surface area contributed by atoms with Gasteiger partial charge in [-0.15, -0.1) is 0 Å². The third-order valence-corrected chi connectivity index (χ3v) is 4.70. The summed E-state index contributed by atoms with van der Waals surface area (Å²) in [6.07, 6.45) is 0. The monoisotopic (exact) mass is 351 g/mol. The maximum atomic E-state index is 5.28. The van der Waals surface area contributed by atoms with Crippen molar-refractivity contribution in [2.45, 2.75) is 22.8 Å². The minimum atomic E-state index is 0.316. The van der Waals surface area contributed by atoms with Crippen LogP contribution in [0.25, 0.3) is 0 Å². The van der Waals surface area contributed by atoms with Gasteiger partial charge in [-0.3, -0.25) is 0 Å². The Morgan fingerprint density at radius 2 is 2.00 bits per heavy atom. The summed E-state index contributed by atoms with van der Waals surface area (Å²) < 4.78 is 6.37. The minimum Gasteiger partial charge on any atom is -0.497 e. The van der Waals surface area contributed by atoms with Gasteiger partial charge < -0.3 is 10.1 Å². The van der Waals surface area contributed by atoms with Crippen molar-refractivity contribution in [2.24, 2.45) is 0 Å². The third kappa shape index (κ3) is 3.78. The van der Waals surface area contributed by atoms with Crippen LogP contribution >= 0.6 is 27.7 Å². The van der Waals surface area contributed by atoms with Crippen LogP contribution in [0.4, 0.5) is 0 Å². The van der Waals surface area contributed by atoms with Crippen LogP contribution in [-0.2, 0) is 0 Å². The zero-order chi connectivity index (χ0) is 14.5. The average Bonchev–Trinajstić information content (AvgIpc) is 2.47. The van der Waals surface area contributed by atoms with E-state index >= 15 is 0 Å². The number of benzene rings is 2. The van der Waals surface area contributed by atoms with E-state index in [1.54, 1.807) is 18.9 Å². The standard InChI is InChI=1S/C16H18BrNOS/c1-11(18-2)15-8-7-12(17)9-16(15)20-14-6-4-5-13(10-14)19-3/h4-11,18H,1-3H3. The van der Waals surface area contributed by atoms with E-state index in [9.17, 15) is 0 Å². The molecule has 0 fully saturated rings. The molecule has 2 aromatic carbocycles. The van der Waals surface area contributed by atoms with Crippen LogP contribution in [0.15, 0.2) is 56.7 Å². The quantitative estimate of drug-likeness (QED) is 0.828. The van der Waals surface area contributed by atoms with Crippen molar-refractivity contribution in [2.75, 3.05) is 14.2 Å². The first-order chi connectivity index (χ1) is 9.63.